The Bertz CT molecular complexity index is 338. The fourth-order valence-corrected chi connectivity index (χ4v) is 1.94. The Morgan fingerprint density at radius 3 is 2.29 bits per heavy atom. The van der Waals surface area contributed by atoms with E-state index in [-0.39, 0.29) is 6.04 Å². The Morgan fingerprint density at radius 1 is 1.24 bits per heavy atom. The third-order valence-electron chi connectivity index (χ3n) is 2.57. The zero-order valence-electron chi connectivity index (χ0n) is 11.2. The summed E-state index contributed by atoms with van der Waals surface area (Å²) >= 11 is 0. The van der Waals surface area contributed by atoms with Gasteiger partial charge in [-0.25, -0.2) is 0 Å². The molecule has 0 aliphatic rings. The fourth-order valence-electron chi connectivity index (χ4n) is 1.94. The van der Waals surface area contributed by atoms with E-state index in [0.717, 1.165) is 23.3 Å². The molecule has 0 amide bonds. The lowest BCUT2D eigenvalue weighted by atomic mass is 10.0. The SMILES string of the molecule is CCOCOc1c(C)cc(CC(C)N)cc1C. The number of nitrogens with two attached hydrogens (primary N) is 1. The summed E-state index contributed by atoms with van der Waals surface area (Å²) in [6.07, 6.45) is 0.896. The monoisotopic (exact) mass is 237 g/mol. The molecule has 0 saturated carbocycles. The van der Waals surface area contributed by atoms with Crippen LogP contribution in [0.3, 0.4) is 0 Å². The van der Waals surface area contributed by atoms with Gasteiger partial charge in [-0.15, -0.1) is 0 Å². The maximum Gasteiger partial charge on any atom is 0.189 e. The van der Waals surface area contributed by atoms with Crippen LogP contribution in [-0.4, -0.2) is 19.4 Å². The van der Waals surface area contributed by atoms with Gasteiger partial charge in [0.05, 0.1) is 0 Å². The van der Waals surface area contributed by atoms with Crippen molar-refractivity contribution in [3.05, 3.63) is 28.8 Å². The van der Waals surface area contributed by atoms with Crippen molar-refractivity contribution < 1.29 is 9.47 Å². The van der Waals surface area contributed by atoms with E-state index in [0.29, 0.717) is 13.4 Å². The molecule has 1 rings (SSSR count). The Kier molecular flexibility index (Phi) is 5.45. The summed E-state index contributed by atoms with van der Waals surface area (Å²) in [6, 6.07) is 4.46. The topological polar surface area (TPSA) is 44.5 Å². The lowest BCUT2D eigenvalue weighted by molar-refractivity contribution is 0.0216. The van der Waals surface area contributed by atoms with Gasteiger partial charge in [-0.3, -0.25) is 0 Å². The van der Waals surface area contributed by atoms with Gasteiger partial charge in [-0.05, 0) is 50.8 Å². The average molecular weight is 237 g/mol. The van der Waals surface area contributed by atoms with Crippen LogP contribution >= 0.6 is 0 Å². The second-order valence-corrected chi connectivity index (χ2v) is 4.50. The van der Waals surface area contributed by atoms with E-state index in [2.05, 4.69) is 26.0 Å². The largest absolute Gasteiger partial charge is 0.467 e. The minimum absolute atomic E-state index is 0.184. The molecule has 0 aromatic heterocycles. The van der Waals surface area contributed by atoms with Crippen LogP contribution in [0.25, 0.3) is 0 Å². The van der Waals surface area contributed by atoms with Gasteiger partial charge in [0.2, 0.25) is 0 Å². The van der Waals surface area contributed by atoms with E-state index in [1.807, 2.05) is 13.8 Å². The molecule has 0 saturated heterocycles. The van der Waals surface area contributed by atoms with Crippen molar-refractivity contribution in [2.24, 2.45) is 5.73 Å². The van der Waals surface area contributed by atoms with Gasteiger partial charge in [0, 0.05) is 12.6 Å². The van der Waals surface area contributed by atoms with Crippen LogP contribution in [0, 0.1) is 13.8 Å². The van der Waals surface area contributed by atoms with Crippen molar-refractivity contribution in [2.75, 3.05) is 13.4 Å². The molecule has 0 radical (unpaired) electrons. The number of hydrogen-bond acceptors (Lipinski definition) is 3. The van der Waals surface area contributed by atoms with Crippen LogP contribution in [0.5, 0.6) is 5.75 Å². The number of ether oxygens (including phenoxy) is 2. The van der Waals surface area contributed by atoms with Crippen LogP contribution in [0.1, 0.15) is 30.5 Å². The third kappa shape index (κ3) is 4.36. The Balaban J connectivity index is 2.79. The van der Waals surface area contributed by atoms with Crippen molar-refractivity contribution in [1.29, 1.82) is 0 Å². The number of aryl methyl sites for hydroxylation is 2. The maximum absolute atomic E-state index is 5.81. The molecular weight excluding hydrogens is 214 g/mol. The molecule has 3 heteroatoms. The highest BCUT2D eigenvalue weighted by molar-refractivity contribution is 5.43. The van der Waals surface area contributed by atoms with Gasteiger partial charge in [0.15, 0.2) is 6.79 Å². The summed E-state index contributed by atoms with van der Waals surface area (Å²) in [4.78, 5) is 0. The molecule has 0 aliphatic carbocycles. The fraction of sp³-hybridized carbons (Fsp3) is 0.571. The number of benzene rings is 1. The lowest BCUT2D eigenvalue weighted by Crippen LogP contribution is -2.18. The summed E-state index contributed by atoms with van der Waals surface area (Å²) in [7, 11) is 0. The highest BCUT2D eigenvalue weighted by Crippen LogP contribution is 2.25. The Hall–Kier alpha value is -1.06. The number of hydrogen-bond donors (Lipinski definition) is 1. The molecule has 96 valence electrons. The second kappa shape index (κ2) is 6.62. The predicted molar refractivity (Wildman–Crippen MR) is 70.4 cm³/mol. The molecule has 3 nitrogen and oxygen atoms in total. The highest BCUT2D eigenvalue weighted by Gasteiger charge is 2.07. The van der Waals surface area contributed by atoms with E-state index < -0.39 is 0 Å². The summed E-state index contributed by atoms with van der Waals surface area (Å²) in [5.74, 6) is 0.923. The lowest BCUT2D eigenvalue weighted by Gasteiger charge is -2.14. The van der Waals surface area contributed by atoms with E-state index in [4.69, 9.17) is 15.2 Å². The zero-order valence-corrected chi connectivity index (χ0v) is 11.2. The van der Waals surface area contributed by atoms with E-state index in [1.165, 1.54) is 5.56 Å². The highest BCUT2D eigenvalue weighted by atomic mass is 16.7. The molecule has 1 unspecified atom stereocenters. The van der Waals surface area contributed by atoms with Gasteiger partial charge >= 0.3 is 0 Å². The molecular formula is C14H23NO2. The average Bonchev–Trinajstić information content (AvgIpc) is 2.21. The molecule has 0 bridgehead atoms. The van der Waals surface area contributed by atoms with Gasteiger partial charge in [0.25, 0.3) is 0 Å². The van der Waals surface area contributed by atoms with Crippen molar-refractivity contribution in [2.45, 2.75) is 40.2 Å². The first-order chi connectivity index (χ1) is 8.04. The van der Waals surface area contributed by atoms with E-state index in [9.17, 15) is 0 Å². The first-order valence-electron chi connectivity index (χ1n) is 6.10. The normalized spacial score (nSPS) is 12.5. The van der Waals surface area contributed by atoms with Gasteiger partial charge in [0.1, 0.15) is 5.75 Å². The van der Waals surface area contributed by atoms with Crippen molar-refractivity contribution in [1.82, 2.24) is 0 Å². The first-order valence-corrected chi connectivity index (χ1v) is 6.10. The van der Waals surface area contributed by atoms with Crippen LogP contribution < -0.4 is 10.5 Å². The summed E-state index contributed by atoms with van der Waals surface area (Å²) in [5, 5.41) is 0. The van der Waals surface area contributed by atoms with Gasteiger partial charge in [-0.1, -0.05) is 12.1 Å². The molecule has 0 fully saturated rings. The molecule has 0 heterocycles. The zero-order chi connectivity index (χ0) is 12.8. The molecule has 0 aliphatic heterocycles. The van der Waals surface area contributed by atoms with Gasteiger partial charge < -0.3 is 15.2 Å². The predicted octanol–water partition coefficient (Wildman–Crippen LogP) is 2.57. The summed E-state index contributed by atoms with van der Waals surface area (Å²) in [6.45, 7) is 9.06. The standard InChI is InChI=1S/C14H23NO2/c1-5-16-9-17-14-10(2)6-13(7-11(14)3)8-12(4)15/h6-7,12H,5,8-9,15H2,1-4H3. The van der Waals surface area contributed by atoms with Gasteiger partial charge in [-0.2, -0.15) is 0 Å². The molecule has 1 aromatic carbocycles. The van der Waals surface area contributed by atoms with Crippen LogP contribution in [0.2, 0.25) is 0 Å². The Labute approximate surface area is 104 Å². The quantitative estimate of drug-likeness (QED) is 0.611. The summed E-state index contributed by atoms with van der Waals surface area (Å²) in [5.41, 5.74) is 9.35. The summed E-state index contributed by atoms with van der Waals surface area (Å²) < 4.78 is 10.8. The van der Waals surface area contributed by atoms with E-state index >= 15 is 0 Å². The van der Waals surface area contributed by atoms with Crippen LogP contribution in [0.15, 0.2) is 12.1 Å². The minimum atomic E-state index is 0.184. The maximum atomic E-state index is 5.81. The minimum Gasteiger partial charge on any atom is -0.467 e. The molecule has 17 heavy (non-hydrogen) atoms. The van der Waals surface area contributed by atoms with Crippen LogP contribution in [-0.2, 0) is 11.2 Å². The molecule has 0 spiro atoms. The van der Waals surface area contributed by atoms with E-state index in [1.54, 1.807) is 0 Å². The van der Waals surface area contributed by atoms with Crippen molar-refractivity contribution in [3.63, 3.8) is 0 Å². The van der Waals surface area contributed by atoms with Crippen molar-refractivity contribution in [3.8, 4) is 5.75 Å². The molecule has 1 atom stereocenters. The smallest absolute Gasteiger partial charge is 0.189 e. The molecule has 1 aromatic rings. The third-order valence-corrected chi connectivity index (χ3v) is 2.57. The molecule has 2 N–H and O–H groups in total. The second-order valence-electron chi connectivity index (χ2n) is 4.50. The Morgan fingerprint density at radius 2 is 1.82 bits per heavy atom. The van der Waals surface area contributed by atoms with Crippen molar-refractivity contribution >= 4 is 0 Å². The first kappa shape index (κ1) is 14.0. The number of rotatable bonds is 6. The van der Waals surface area contributed by atoms with Crippen LogP contribution in [0.4, 0.5) is 0 Å².